The van der Waals surface area contributed by atoms with Gasteiger partial charge in [-0.15, -0.1) is 11.3 Å². The minimum absolute atomic E-state index is 0.601. The van der Waals surface area contributed by atoms with Crippen molar-refractivity contribution in [2.75, 3.05) is 0 Å². The zero-order valence-corrected chi connectivity index (χ0v) is 28.6. The van der Waals surface area contributed by atoms with Crippen molar-refractivity contribution in [1.29, 1.82) is 0 Å². The Morgan fingerprint density at radius 3 is 1.60 bits per heavy atom. The van der Waals surface area contributed by atoms with E-state index in [4.69, 9.17) is 19.4 Å². The zero-order chi connectivity index (χ0) is 34.2. The topological polar surface area (TPSA) is 51.8 Å². The molecule has 0 N–H and O–H groups in total. The minimum Gasteiger partial charge on any atom is -0.456 e. The van der Waals surface area contributed by atoms with Crippen molar-refractivity contribution >= 4 is 75.0 Å². The van der Waals surface area contributed by atoms with Gasteiger partial charge in [0.05, 0.1) is 0 Å². The van der Waals surface area contributed by atoms with Crippen molar-refractivity contribution < 1.29 is 4.42 Å². The van der Waals surface area contributed by atoms with Crippen LogP contribution < -0.4 is 0 Å². The van der Waals surface area contributed by atoms with Crippen LogP contribution in [0.3, 0.4) is 0 Å². The molecule has 0 saturated heterocycles. The largest absolute Gasteiger partial charge is 0.456 e. The van der Waals surface area contributed by atoms with Crippen molar-refractivity contribution in [3.8, 4) is 45.3 Å². The number of rotatable bonds is 4. The first-order valence-corrected chi connectivity index (χ1v) is 18.2. The summed E-state index contributed by atoms with van der Waals surface area (Å²) in [7, 11) is 0. The number of nitrogens with zero attached hydrogens (tertiary/aromatic N) is 3. The first-order chi connectivity index (χ1) is 25.7. The Bertz CT molecular complexity index is 3110. The Kier molecular flexibility index (Phi) is 6.39. The van der Waals surface area contributed by atoms with E-state index in [1.165, 1.54) is 30.9 Å². The van der Waals surface area contributed by atoms with Crippen LogP contribution in [0, 0.1) is 0 Å². The van der Waals surface area contributed by atoms with E-state index in [9.17, 15) is 0 Å². The molecule has 11 aromatic rings. The van der Waals surface area contributed by atoms with Crippen LogP contribution in [0.4, 0.5) is 0 Å². The fourth-order valence-electron chi connectivity index (χ4n) is 7.60. The SMILES string of the molecule is c1ccc2cc(-c3nc(-c4ccc5ccccc5c4)nc(-c4cccc5oc6cccc(-c7ccc8c(c7)sc7ccccc78)c6c45)n3)ccc2c1. The molecule has 242 valence electrons. The van der Waals surface area contributed by atoms with Crippen LogP contribution in [0.5, 0.6) is 0 Å². The highest BCUT2D eigenvalue weighted by Gasteiger charge is 2.21. The number of furan rings is 1. The summed E-state index contributed by atoms with van der Waals surface area (Å²) in [6.07, 6.45) is 0. The summed E-state index contributed by atoms with van der Waals surface area (Å²) in [5.74, 6) is 1.85. The lowest BCUT2D eigenvalue weighted by atomic mass is 9.96. The quantitative estimate of drug-likeness (QED) is 0.185. The van der Waals surface area contributed by atoms with E-state index in [-0.39, 0.29) is 0 Å². The minimum atomic E-state index is 0.601. The van der Waals surface area contributed by atoms with Crippen molar-refractivity contribution in [2.45, 2.75) is 0 Å². The van der Waals surface area contributed by atoms with Gasteiger partial charge < -0.3 is 4.42 Å². The fraction of sp³-hybridized carbons (Fsp3) is 0. The summed E-state index contributed by atoms with van der Waals surface area (Å²) in [5.41, 5.74) is 6.65. The normalized spacial score (nSPS) is 11.8. The molecule has 11 rings (SSSR count). The maximum atomic E-state index is 6.57. The molecule has 0 saturated carbocycles. The molecule has 0 fully saturated rings. The van der Waals surface area contributed by atoms with Crippen molar-refractivity contribution in [2.24, 2.45) is 0 Å². The van der Waals surface area contributed by atoms with Crippen LogP contribution in [-0.2, 0) is 0 Å². The maximum absolute atomic E-state index is 6.57. The summed E-state index contributed by atoms with van der Waals surface area (Å²) in [4.78, 5) is 15.5. The van der Waals surface area contributed by atoms with Gasteiger partial charge in [-0.3, -0.25) is 0 Å². The van der Waals surface area contributed by atoms with Crippen LogP contribution in [0.1, 0.15) is 0 Å². The highest BCUT2D eigenvalue weighted by atomic mass is 32.1. The zero-order valence-electron chi connectivity index (χ0n) is 27.7. The Morgan fingerprint density at radius 1 is 0.365 bits per heavy atom. The average Bonchev–Trinajstić information content (AvgIpc) is 3.78. The van der Waals surface area contributed by atoms with E-state index in [2.05, 4.69) is 152 Å². The number of fused-ring (bicyclic) bond motifs is 8. The Hall–Kier alpha value is -6.69. The lowest BCUT2D eigenvalue weighted by molar-refractivity contribution is 0.669. The van der Waals surface area contributed by atoms with E-state index in [0.29, 0.717) is 17.5 Å². The molecule has 0 radical (unpaired) electrons. The van der Waals surface area contributed by atoms with E-state index >= 15 is 0 Å². The molecule has 0 aliphatic heterocycles. The second kappa shape index (κ2) is 11.4. The van der Waals surface area contributed by atoms with Gasteiger partial charge >= 0.3 is 0 Å². The molecule has 0 atom stereocenters. The number of hydrogen-bond donors (Lipinski definition) is 0. The van der Waals surface area contributed by atoms with Crippen LogP contribution >= 0.6 is 11.3 Å². The molecule has 8 aromatic carbocycles. The van der Waals surface area contributed by atoms with Crippen molar-refractivity contribution in [1.82, 2.24) is 15.0 Å². The number of thiophene rings is 1. The molecule has 0 bridgehead atoms. The summed E-state index contributed by atoms with van der Waals surface area (Å²) in [5, 5.41) is 9.23. The van der Waals surface area contributed by atoms with Gasteiger partial charge in [0.2, 0.25) is 0 Å². The lowest BCUT2D eigenvalue weighted by Crippen LogP contribution is -2.00. The van der Waals surface area contributed by atoms with Gasteiger partial charge in [-0.25, -0.2) is 15.0 Å². The maximum Gasteiger partial charge on any atom is 0.164 e. The third kappa shape index (κ3) is 4.64. The smallest absolute Gasteiger partial charge is 0.164 e. The van der Waals surface area contributed by atoms with Gasteiger partial charge in [0.25, 0.3) is 0 Å². The summed E-state index contributed by atoms with van der Waals surface area (Å²) >= 11 is 1.83. The van der Waals surface area contributed by atoms with Gasteiger partial charge in [0.1, 0.15) is 11.2 Å². The number of hydrogen-bond acceptors (Lipinski definition) is 5. The highest BCUT2D eigenvalue weighted by molar-refractivity contribution is 7.25. The molecule has 0 spiro atoms. The Balaban J connectivity index is 1.16. The van der Waals surface area contributed by atoms with Gasteiger partial charge in [-0.2, -0.15) is 0 Å². The van der Waals surface area contributed by atoms with Crippen LogP contribution in [0.15, 0.2) is 168 Å². The van der Waals surface area contributed by atoms with Gasteiger partial charge in [-0.1, -0.05) is 127 Å². The molecule has 3 heterocycles. The molecule has 4 nitrogen and oxygen atoms in total. The van der Waals surface area contributed by atoms with E-state index in [0.717, 1.165) is 60.5 Å². The Morgan fingerprint density at radius 2 is 0.904 bits per heavy atom. The molecule has 0 unspecified atom stereocenters. The summed E-state index contributed by atoms with van der Waals surface area (Å²) < 4.78 is 9.13. The fourth-order valence-corrected chi connectivity index (χ4v) is 8.74. The first kappa shape index (κ1) is 29.1. The van der Waals surface area contributed by atoms with Gasteiger partial charge in [0, 0.05) is 47.6 Å². The molecule has 5 heteroatoms. The van der Waals surface area contributed by atoms with E-state index in [1.807, 2.05) is 23.5 Å². The first-order valence-electron chi connectivity index (χ1n) is 17.3. The standard InChI is InChI=1S/C47H27N3OS/c1-3-11-30-25-33(21-19-28(30)9-1)45-48-46(34-22-20-29-10-2-4-12-31(29)26-34)50-47(49-45)38-15-8-17-40-44(38)43-35(14-7-16-39(43)51-40)32-23-24-37-36-13-5-6-18-41(36)52-42(37)27-32/h1-27H. The Labute approximate surface area is 302 Å². The molecular weight excluding hydrogens is 655 g/mol. The van der Waals surface area contributed by atoms with E-state index in [1.54, 1.807) is 0 Å². The predicted molar refractivity (Wildman–Crippen MR) is 217 cm³/mol. The van der Waals surface area contributed by atoms with Crippen LogP contribution in [-0.4, -0.2) is 15.0 Å². The van der Waals surface area contributed by atoms with Crippen LogP contribution in [0.25, 0.3) is 109 Å². The van der Waals surface area contributed by atoms with Crippen molar-refractivity contribution in [3.05, 3.63) is 164 Å². The monoisotopic (exact) mass is 681 g/mol. The third-order valence-electron chi connectivity index (χ3n) is 10.1. The summed E-state index contributed by atoms with van der Waals surface area (Å²) in [6.45, 7) is 0. The summed E-state index contributed by atoms with van der Waals surface area (Å²) in [6, 6.07) is 57.4. The van der Waals surface area contributed by atoms with Gasteiger partial charge in [-0.05, 0) is 69.1 Å². The van der Waals surface area contributed by atoms with Crippen LogP contribution in [0.2, 0.25) is 0 Å². The molecule has 0 amide bonds. The molecule has 52 heavy (non-hydrogen) atoms. The van der Waals surface area contributed by atoms with Crippen molar-refractivity contribution in [3.63, 3.8) is 0 Å². The predicted octanol–water partition coefficient (Wildman–Crippen LogP) is 13.1. The molecule has 3 aromatic heterocycles. The van der Waals surface area contributed by atoms with Gasteiger partial charge in [0.15, 0.2) is 17.5 Å². The highest BCUT2D eigenvalue weighted by Crippen LogP contribution is 2.43. The number of aromatic nitrogens is 3. The average molecular weight is 682 g/mol. The molecular formula is C47H27N3OS. The second-order valence-electron chi connectivity index (χ2n) is 13.2. The van der Waals surface area contributed by atoms with E-state index < -0.39 is 0 Å². The molecule has 0 aliphatic carbocycles. The lowest BCUT2D eigenvalue weighted by Gasteiger charge is -2.11. The second-order valence-corrected chi connectivity index (χ2v) is 14.3. The third-order valence-corrected chi connectivity index (χ3v) is 11.2. The molecule has 0 aliphatic rings. The number of benzene rings is 8.